The average Bonchev–Trinajstić information content (AvgIpc) is 3.26. The van der Waals surface area contributed by atoms with Crippen LogP contribution in [0.3, 0.4) is 0 Å². The van der Waals surface area contributed by atoms with Gasteiger partial charge in [-0.2, -0.15) is 0 Å². The van der Waals surface area contributed by atoms with Crippen molar-refractivity contribution in [2.75, 3.05) is 24.6 Å². The molecule has 3 rings (SSSR count). The summed E-state index contributed by atoms with van der Waals surface area (Å²) in [7, 11) is 0. The number of nitrogens with one attached hydrogen (secondary N) is 1. The highest BCUT2D eigenvalue weighted by atomic mass is 79.9. The molecule has 0 aromatic heterocycles. The molecule has 158 valence electrons. The van der Waals surface area contributed by atoms with Gasteiger partial charge >= 0.3 is 5.97 Å². The predicted molar refractivity (Wildman–Crippen MR) is 116 cm³/mol. The van der Waals surface area contributed by atoms with Crippen molar-refractivity contribution in [2.24, 2.45) is 0 Å². The van der Waals surface area contributed by atoms with E-state index in [1.165, 1.54) is 12.1 Å². The van der Waals surface area contributed by atoms with Gasteiger partial charge in [-0.1, -0.05) is 28.1 Å². The van der Waals surface area contributed by atoms with Crippen LogP contribution in [0.2, 0.25) is 0 Å². The minimum absolute atomic E-state index is 0.0402. The van der Waals surface area contributed by atoms with Crippen LogP contribution in [0.15, 0.2) is 46.9 Å². The number of amides is 1. The number of rotatable bonds is 7. The Bertz CT molecular complexity index is 942. The van der Waals surface area contributed by atoms with Gasteiger partial charge in [-0.15, -0.1) is 0 Å². The Morgan fingerprint density at radius 3 is 2.50 bits per heavy atom. The zero-order valence-corrected chi connectivity index (χ0v) is 18.1. The summed E-state index contributed by atoms with van der Waals surface area (Å²) in [4.78, 5) is 37.3. The maximum absolute atomic E-state index is 12.3. The number of nitro benzene ring substituents is 1. The molecular weight excluding hydrogens is 454 g/mol. The van der Waals surface area contributed by atoms with Crippen LogP contribution in [0.5, 0.6) is 0 Å². The van der Waals surface area contributed by atoms with E-state index in [-0.39, 0.29) is 17.3 Å². The zero-order valence-electron chi connectivity index (χ0n) is 16.5. The third kappa shape index (κ3) is 5.35. The molecule has 0 spiro atoms. The van der Waals surface area contributed by atoms with E-state index >= 15 is 0 Å². The van der Waals surface area contributed by atoms with Gasteiger partial charge in [0, 0.05) is 23.6 Å². The third-order valence-electron chi connectivity index (χ3n) is 4.94. The Morgan fingerprint density at radius 1 is 1.20 bits per heavy atom. The number of benzene rings is 2. The van der Waals surface area contributed by atoms with Crippen LogP contribution in [0.4, 0.5) is 11.4 Å². The average molecular weight is 476 g/mol. The second-order valence-electron chi connectivity index (χ2n) is 7.07. The lowest BCUT2D eigenvalue weighted by Crippen LogP contribution is -2.31. The molecule has 1 saturated heterocycles. The molecule has 1 N–H and O–H groups in total. The highest BCUT2D eigenvalue weighted by molar-refractivity contribution is 9.10. The molecular formula is C21H22BrN3O5. The number of nitrogens with zero attached hydrogens (tertiary/aromatic N) is 2. The standard InChI is InChI=1S/C21H22BrN3O5/c1-14(15-4-7-17(22)8-5-15)23-20(26)13-30-21(27)16-6-9-18(19(12-16)25(28)29)24-10-2-3-11-24/h4-9,12,14H,2-3,10-11,13H2,1H3,(H,23,26). The molecule has 2 aromatic carbocycles. The van der Waals surface area contributed by atoms with Crippen LogP contribution in [0, 0.1) is 10.1 Å². The van der Waals surface area contributed by atoms with Gasteiger partial charge in [-0.25, -0.2) is 4.79 Å². The van der Waals surface area contributed by atoms with Gasteiger partial charge in [0.15, 0.2) is 6.61 Å². The Morgan fingerprint density at radius 2 is 1.87 bits per heavy atom. The molecule has 9 heteroatoms. The maximum Gasteiger partial charge on any atom is 0.338 e. The molecule has 1 aliphatic rings. The normalized spacial score (nSPS) is 14.3. The molecule has 1 fully saturated rings. The number of nitro groups is 1. The summed E-state index contributed by atoms with van der Waals surface area (Å²) in [6.07, 6.45) is 1.96. The number of carbonyl (C=O) groups excluding carboxylic acids is 2. The van der Waals surface area contributed by atoms with Gasteiger partial charge in [0.2, 0.25) is 0 Å². The molecule has 8 nitrogen and oxygen atoms in total. The molecule has 0 radical (unpaired) electrons. The molecule has 1 unspecified atom stereocenters. The molecule has 1 amide bonds. The van der Waals surface area contributed by atoms with E-state index in [4.69, 9.17) is 4.74 Å². The second kappa shape index (κ2) is 9.71. The van der Waals surface area contributed by atoms with E-state index in [0.29, 0.717) is 5.69 Å². The fourth-order valence-corrected chi connectivity index (χ4v) is 3.62. The van der Waals surface area contributed by atoms with Crippen molar-refractivity contribution in [2.45, 2.75) is 25.8 Å². The van der Waals surface area contributed by atoms with E-state index in [1.807, 2.05) is 36.1 Å². The smallest absolute Gasteiger partial charge is 0.338 e. The first-order chi connectivity index (χ1) is 14.3. The lowest BCUT2D eigenvalue weighted by Gasteiger charge is -2.17. The number of anilines is 1. The van der Waals surface area contributed by atoms with E-state index in [9.17, 15) is 19.7 Å². The van der Waals surface area contributed by atoms with Crippen LogP contribution in [0.25, 0.3) is 0 Å². The summed E-state index contributed by atoms with van der Waals surface area (Å²) in [5, 5.41) is 14.2. The molecule has 2 aromatic rings. The van der Waals surface area contributed by atoms with Crippen LogP contribution < -0.4 is 10.2 Å². The van der Waals surface area contributed by atoms with E-state index in [2.05, 4.69) is 21.2 Å². The number of carbonyl (C=O) groups is 2. The van der Waals surface area contributed by atoms with Gasteiger partial charge in [0.05, 0.1) is 16.5 Å². The number of halogens is 1. The largest absolute Gasteiger partial charge is 0.452 e. The monoisotopic (exact) mass is 475 g/mol. The highest BCUT2D eigenvalue weighted by Crippen LogP contribution is 2.31. The Kier molecular flexibility index (Phi) is 7.04. The molecule has 0 saturated carbocycles. The molecule has 1 aliphatic heterocycles. The number of hydrogen-bond donors (Lipinski definition) is 1. The minimum Gasteiger partial charge on any atom is -0.452 e. The van der Waals surface area contributed by atoms with E-state index in [1.54, 1.807) is 6.07 Å². The van der Waals surface area contributed by atoms with Crippen molar-refractivity contribution < 1.29 is 19.2 Å². The minimum atomic E-state index is -0.780. The highest BCUT2D eigenvalue weighted by Gasteiger charge is 2.24. The Balaban J connectivity index is 1.60. The second-order valence-corrected chi connectivity index (χ2v) is 7.99. The van der Waals surface area contributed by atoms with Crippen LogP contribution in [-0.4, -0.2) is 36.5 Å². The summed E-state index contributed by atoms with van der Waals surface area (Å²) in [6, 6.07) is 11.5. The molecule has 0 bridgehead atoms. The topological polar surface area (TPSA) is 102 Å². The van der Waals surface area contributed by atoms with Crippen molar-refractivity contribution in [3.05, 3.63) is 68.2 Å². The molecule has 30 heavy (non-hydrogen) atoms. The van der Waals surface area contributed by atoms with Crippen LogP contribution in [-0.2, 0) is 9.53 Å². The first kappa shape index (κ1) is 21.8. The fourth-order valence-electron chi connectivity index (χ4n) is 3.35. The van der Waals surface area contributed by atoms with Crippen molar-refractivity contribution >= 4 is 39.2 Å². The van der Waals surface area contributed by atoms with Gasteiger partial charge in [-0.05, 0) is 49.6 Å². The van der Waals surface area contributed by atoms with Gasteiger partial charge < -0.3 is 15.0 Å². The first-order valence-electron chi connectivity index (χ1n) is 9.60. The van der Waals surface area contributed by atoms with Crippen molar-refractivity contribution in [3.8, 4) is 0 Å². The molecule has 0 aliphatic carbocycles. The quantitative estimate of drug-likeness (QED) is 0.369. The molecule has 1 heterocycles. The Labute approximate surface area is 182 Å². The predicted octanol–water partition coefficient (Wildman–Crippen LogP) is 3.99. The third-order valence-corrected chi connectivity index (χ3v) is 5.47. The maximum atomic E-state index is 12.3. The van der Waals surface area contributed by atoms with Gasteiger partial charge in [0.25, 0.3) is 11.6 Å². The van der Waals surface area contributed by atoms with Crippen molar-refractivity contribution in [1.82, 2.24) is 5.32 Å². The zero-order chi connectivity index (χ0) is 21.7. The summed E-state index contributed by atoms with van der Waals surface area (Å²) >= 11 is 3.36. The van der Waals surface area contributed by atoms with Gasteiger partial charge in [0.1, 0.15) is 5.69 Å². The van der Waals surface area contributed by atoms with Crippen LogP contribution in [0.1, 0.15) is 41.7 Å². The van der Waals surface area contributed by atoms with Gasteiger partial charge in [-0.3, -0.25) is 14.9 Å². The number of esters is 1. The Hall–Kier alpha value is -2.94. The van der Waals surface area contributed by atoms with E-state index in [0.717, 1.165) is 36.0 Å². The lowest BCUT2D eigenvalue weighted by atomic mass is 10.1. The number of hydrogen-bond acceptors (Lipinski definition) is 6. The summed E-state index contributed by atoms with van der Waals surface area (Å²) in [6.45, 7) is 2.85. The lowest BCUT2D eigenvalue weighted by molar-refractivity contribution is -0.384. The summed E-state index contributed by atoms with van der Waals surface area (Å²) in [5.41, 5.74) is 1.30. The fraction of sp³-hybridized carbons (Fsp3) is 0.333. The van der Waals surface area contributed by atoms with Crippen molar-refractivity contribution in [1.29, 1.82) is 0 Å². The summed E-state index contributed by atoms with van der Waals surface area (Å²) in [5.74, 6) is -1.24. The first-order valence-corrected chi connectivity index (χ1v) is 10.4. The summed E-state index contributed by atoms with van der Waals surface area (Å²) < 4.78 is 5.99. The number of ether oxygens (including phenoxy) is 1. The molecule has 1 atom stereocenters. The van der Waals surface area contributed by atoms with Crippen molar-refractivity contribution in [3.63, 3.8) is 0 Å². The SMILES string of the molecule is CC(NC(=O)COC(=O)c1ccc(N2CCCC2)c([N+](=O)[O-])c1)c1ccc(Br)cc1. The van der Waals surface area contributed by atoms with E-state index < -0.39 is 23.4 Å². The van der Waals surface area contributed by atoms with Crippen LogP contribution >= 0.6 is 15.9 Å².